The number of fused-ring (bicyclic) bond motifs is 6. The first-order valence-electron chi connectivity index (χ1n) is 45.6. The molecule has 0 amide bonds. The molecule has 7 aromatic carbocycles. The summed E-state index contributed by atoms with van der Waals surface area (Å²) >= 11 is 0. The minimum atomic E-state index is -3.89. The van der Waals surface area contributed by atoms with Gasteiger partial charge in [0.05, 0.1) is 24.2 Å². The van der Waals surface area contributed by atoms with Gasteiger partial charge in [-0.2, -0.15) is 35.1 Å². The first kappa shape index (κ1) is 89.9. The molecule has 5 fully saturated rings. The van der Waals surface area contributed by atoms with Crippen LogP contribution in [0.15, 0.2) is 78.9 Å². The average Bonchev–Trinajstić information content (AvgIpc) is 0.769. The van der Waals surface area contributed by atoms with Crippen molar-refractivity contribution in [2.45, 2.75) is 304 Å². The molecule has 4 aliphatic carbocycles. The molecule has 2 unspecified atom stereocenters. The van der Waals surface area contributed by atoms with E-state index in [2.05, 4.69) is 34.6 Å². The van der Waals surface area contributed by atoms with Crippen molar-refractivity contribution >= 4 is 5.97 Å². The topological polar surface area (TPSA) is 81.7 Å². The second-order valence-electron chi connectivity index (χ2n) is 36.0. The Morgan fingerprint density at radius 1 is 0.350 bits per heavy atom. The number of halogens is 11. The van der Waals surface area contributed by atoms with Crippen LogP contribution >= 0.6 is 0 Å². The molecule has 4 aliphatic heterocycles. The number of hydrogen-bond acceptors (Lipinski definition) is 8. The van der Waals surface area contributed by atoms with Crippen molar-refractivity contribution in [2.75, 3.05) is 13.2 Å². The van der Waals surface area contributed by atoms with Crippen LogP contribution in [-0.4, -0.2) is 25.3 Å². The zero-order chi connectivity index (χ0) is 84.7. The van der Waals surface area contributed by atoms with Crippen molar-refractivity contribution in [3.63, 3.8) is 0 Å². The van der Waals surface area contributed by atoms with Crippen molar-refractivity contribution < 1.29 is 86.2 Å². The summed E-state index contributed by atoms with van der Waals surface area (Å²) in [6.07, 6.45) is 34.0. The Labute approximate surface area is 703 Å². The fourth-order valence-electron chi connectivity index (χ4n) is 20.2. The summed E-state index contributed by atoms with van der Waals surface area (Å²) in [4.78, 5) is 12.8. The molecule has 7 aromatic rings. The van der Waals surface area contributed by atoms with Gasteiger partial charge in [0, 0.05) is 59.3 Å². The fourth-order valence-corrected chi connectivity index (χ4v) is 20.2. The highest BCUT2D eigenvalue weighted by atomic mass is 19.3. The normalized spacial score (nSPS) is 22.3. The molecule has 19 heteroatoms. The van der Waals surface area contributed by atoms with Gasteiger partial charge in [0.15, 0.2) is 69.2 Å². The van der Waals surface area contributed by atoms with Crippen LogP contribution in [-0.2, 0) is 60.6 Å². The second kappa shape index (κ2) is 42.1. The second-order valence-corrected chi connectivity index (χ2v) is 36.0. The molecule has 8 aliphatic rings. The first-order valence-corrected chi connectivity index (χ1v) is 45.6. The van der Waals surface area contributed by atoms with Gasteiger partial charge in [-0.15, -0.1) is 0 Å². The van der Waals surface area contributed by atoms with E-state index < -0.39 is 87.2 Å². The fraction of sp³-hybridized carbons (Fsp3) is 0.574. The molecular formula is C101H123F11O8. The maximum atomic E-state index is 15.5. The third-order valence-corrected chi connectivity index (χ3v) is 27.3. The van der Waals surface area contributed by atoms with Gasteiger partial charge in [-0.25, -0.2) is 13.2 Å². The van der Waals surface area contributed by atoms with E-state index in [0.717, 1.165) is 132 Å². The summed E-state index contributed by atoms with van der Waals surface area (Å²) in [5.74, 6) is -7.36. The predicted molar refractivity (Wildman–Crippen MR) is 447 cm³/mol. The first-order chi connectivity index (χ1) is 58.0. The highest BCUT2D eigenvalue weighted by Crippen LogP contribution is 2.50. The molecule has 1 saturated heterocycles. The summed E-state index contributed by atoms with van der Waals surface area (Å²) in [7, 11) is 0. The number of ether oxygens (including phenoxy) is 7. The largest absolute Gasteiger partial charge is 0.490 e. The molecule has 0 N–H and O–H groups in total. The molecule has 2 atom stereocenters. The number of rotatable bonds is 29. The summed E-state index contributed by atoms with van der Waals surface area (Å²) in [6, 6.07) is 20.0. The molecule has 0 aromatic heterocycles. The van der Waals surface area contributed by atoms with E-state index in [1.54, 1.807) is 48.5 Å². The molecule has 0 spiro atoms. The Kier molecular flexibility index (Phi) is 31.5. The summed E-state index contributed by atoms with van der Waals surface area (Å²) < 4.78 is 206. The predicted octanol–water partition coefficient (Wildman–Crippen LogP) is 29.6. The zero-order valence-corrected chi connectivity index (χ0v) is 71.2. The van der Waals surface area contributed by atoms with Gasteiger partial charge in [0.1, 0.15) is 0 Å². The van der Waals surface area contributed by atoms with Gasteiger partial charge >= 0.3 is 12.1 Å². The van der Waals surface area contributed by atoms with Gasteiger partial charge in [-0.1, -0.05) is 212 Å². The van der Waals surface area contributed by atoms with Crippen LogP contribution in [0.25, 0.3) is 0 Å². The molecule has 4 saturated carbocycles. The van der Waals surface area contributed by atoms with Gasteiger partial charge in [0.25, 0.3) is 0 Å². The molecule has 0 radical (unpaired) electrons. The molecule has 0 bridgehead atoms. The smallest absolute Gasteiger partial charge is 0.426 e. The lowest BCUT2D eigenvalue weighted by atomic mass is 9.78. The number of carbonyl (C=O) groups excluding carboxylic acids is 1. The quantitative estimate of drug-likeness (QED) is 0.0261. The van der Waals surface area contributed by atoms with E-state index in [1.807, 2.05) is 13.0 Å². The van der Waals surface area contributed by atoms with E-state index in [4.69, 9.17) is 33.2 Å². The van der Waals surface area contributed by atoms with E-state index in [-0.39, 0.29) is 71.3 Å². The molecular weight excluding hydrogens is 1550 g/mol. The molecule has 120 heavy (non-hydrogen) atoms. The van der Waals surface area contributed by atoms with Gasteiger partial charge in [0.2, 0.25) is 34.9 Å². The van der Waals surface area contributed by atoms with Crippen LogP contribution in [0.1, 0.15) is 308 Å². The average molecular weight is 1670 g/mol. The van der Waals surface area contributed by atoms with Gasteiger partial charge < -0.3 is 33.2 Å². The SMILES string of the molecule is CCCC1CCC(CCc2ccc3c(c2F)Oc2c(cc(OC(=O)C4CCC(CCC)CC4)c(F)c2F)C3)CC1.CCCC1CCC(COc2ccc3c(c2F)Oc2c(cc(CCC4CCC(CCC)CO4)c(F)c2F)C3)CC1.CCCc1ccc(C(F)(F)Oc2cc3c(c(F)c2F)Oc2c(ccc(CCC4CCC(CCC)CC4)c2F)C3)cc1. The number of benzene rings is 7. The number of esters is 1. The van der Waals surface area contributed by atoms with Crippen LogP contribution in [0.3, 0.4) is 0 Å². The van der Waals surface area contributed by atoms with Crippen molar-refractivity contribution in [3.05, 3.63) is 192 Å². The Morgan fingerprint density at radius 3 is 1.21 bits per heavy atom. The zero-order valence-electron chi connectivity index (χ0n) is 71.2. The summed E-state index contributed by atoms with van der Waals surface area (Å²) in [5.41, 5.74) is 4.40. The highest BCUT2D eigenvalue weighted by Gasteiger charge is 2.40. The highest BCUT2D eigenvalue weighted by molar-refractivity contribution is 5.75. The molecule has 652 valence electrons. The van der Waals surface area contributed by atoms with Crippen LogP contribution < -0.4 is 28.4 Å². The Balaban J connectivity index is 0.000000156. The van der Waals surface area contributed by atoms with Crippen LogP contribution in [0.4, 0.5) is 48.3 Å². The minimum Gasteiger partial charge on any atom is -0.490 e. The Bertz CT molecular complexity index is 4580. The molecule has 15 rings (SSSR count). The van der Waals surface area contributed by atoms with Crippen molar-refractivity contribution in [1.29, 1.82) is 0 Å². The number of aryl methyl sites for hydroxylation is 4. The van der Waals surface area contributed by atoms with Gasteiger partial charge in [-0.05, 0) is 209 Å². The summed E-state index contributed by atoms with van der Waals surface area (Å²) in [6.45, 7) is 14.2. The van der Waals surface area contributed by atoms with Crippen molar-refractivity contribution in [3.8, 4) is 51.7 Å². The summed E-state index contributed by atoms with van der Waals surface area (Å²) in [5, 5.41) is 0. The lowest BCUT2D eigenvalue weighted by Crippen LogP contribution is -2.26. The third kappa shape index (κ3) is 22.0. The number of alkyl halides is 2. The van der Waals surface area contributed by atoms with Crippen molar-refractivity contribution in [2.24, 2.45) is 53.3 Å². The standard InChI is InChI=1S/C34H37F5O2.C34H43F3O3.C33H43F3O3/c1-3-5-21-7-9-23(10-8-21)11-14-24-15-16-25-19-26-20-28(30(36)31(37)33(26)40-32(25)29(24)35)41-34(38,39)27-17-12-22(6-4-2)13-18-27;1-3-5-21-7-9-23(10-8-21)11-14-24-17-18-26-19-27-20-28(30(36)31(37)33(27)40-32(26)29(24)35)39-34(38)25-15-12-22(6-4-2)13-16-25;1-3-5-21-7-9-23(10-8-21)20-38-28-16-13-25-18-26-17-24(12-15-27-14-11-22(6-4-2)19-37-27)29(34)31(36)33(26)39-32(25)30(28)35/h12-13,15-18,20-21,23H,3-11,14,19H2,1-2H3;17-18,20-23,25H,3-16,19H2,1-2H3;13,16-17,21-23,27H,3-12,14-15,18-20H2,1-2H3. The Hall–Kier alpha value is -7.80. The maximum absolute atomic E-state index is 15.5. The third-order valence-electron chi connectivity index (χ3n) is 27.3. The number of hydrogen-bond donors (Lipinski definition) is 0. The number of carbonyl (C=O) groups is 1. The van der Waals surface area contributed by atoms with E-state index in [1.165, 1.54) is 115 Å². The molecule has 8 nitrogen and oxygen atoms in total. The maximum Gasteiger partial charge on any atom is 0.426 e. The lowest BCUT2D eigenvalue weighted by Gasteiger charge is -2.29. The van der Waals surface area contributed by atoms with Crippen molar-refractivity contribution in [1.82, 2.24) is 0 Å². The van der Waals surface area contributed by atoms with E-state index in [0.29, 0.717) is 119 Å². The van der Waals surface area contributed by atoms with E-state index in [9.17, 15) is 18.0 Å². The van der Waals surface area contributed by atoms with Crippen LogP contribution in [0.5, 0.6) is 51.7 Å². The lowest BCUT2D eigenvalue weighted by molar-refractivity contribution is -0.187. The van der Waals surface area contributed by atoms with Crippen LogP contribution in [0, 0.1) is 106 Å². The molecule has 4 heterocycles. The van der Waals surface area contributed by atoms with Crippen LogP contribution in [0.2, 0.25) is 0 Å². The Morgan fingerprint density at radius 2 is 0.742 bits per heavy atom. The van der Waals surface area contributed by atoms with E-state index >= 15 is 35.1 Å². The van der Waals surface area contributed by atoms with Gasteiger partial charge in [-0.3, -0.25) is 4.79 Å². The monoisotopic (exact) mass is 1670 g/mol. The minimum absolute atomic E-state index is 0.00580.